The van der Waals surface area contributed by atoms with Crippen LogP contribution in [-0.4, -0.2) is 21.2 Å². The van der Waals surface area contributed by atoms with Gasteiger partial charge in [-0.25, -0.2) is 9.97 Å². The second kappa shape index (κ2) is 7.67. The molecule has 0 spiro atoms. The molecule has 0 radical (unpaired) electrons. The van der Waals surface area contributed by atoms with Crippen LogP contribution < -0.4 is 5.32 Å². The van der Waals surface area contributed by atoms with E-state index in [-0.39, 0.29) is 6.10 Å². The molecule has 3 aromatic rings. The third kappa shape index (κ3) is 4.12. The van der Waals surface area contributed by atoms with Crippen molar-refractivity contribution in [1.82, 2.24) is 9.97 Å². The van der Waals surface area contributed by atoms with Gasteiger partial charge in [0.1, 0.15) is 5.82 Å². The molecule has 0 bridgehead atoms. The molecule has 1 aliphatic carbocycles. The SMILES string of the molecule is CC(O)Cc1ccc(Nc2nc(-c3cccc(Cl)c3)nc3c2CCC3)cc1. The van der Waals surface area contributed by atoms with Crippen LogP contribution in [0.5, 0.6) is 0 Å². The maximum absolute atomic E-state index is 9.53. The van der Waals surface area contributed by atoms with E-state index in [9.17, 15) is 5.11 Å². The van der Waals surface area contributed by atoms with Crippen molar-refractivity contribution in [2.24, 2.45) is 0 Å². The number of fused-ring (bicyclic) bond motifs is 1. The van der Waals surface area contributed by atoms with Crippen LogP contribution in [0.25, 0.3) is 11.4 Å². The predicted molar refractivity (Wildman–Crippen MR) is 110 cm³/mol. The second-order valence-corrected chi connectivity index (χ2v) is 7.50. The highest BCUT2D eigenvalue weighted by Crippen LogP contribution is 2.31. The van der Waals surface area contributed by atoms with Crippen LogP contribution in [0.2, 0.25) is 5.02 Å². The molecule has 4 nitrogen and oxygen atoms in total. The van der Waals surface area contributed by atoms with Crippen LogP contribution in [0.3, 0.4) is 0 Å². The first-order valence-electron chi connectivity index (χ1n) is 9.28. The van der Waals surface area contributed by atoms with E-state index in [0.717, 1.165) is 47.6 Å². The van der Waals surface area contributed by atoms with Crippen LogP contribution in [0.15, 0.2) is 48.5 Å². The van der Waals surface area contributed by atoms with Gasteiger partial charge in [0.25, 0.3) is 0 Å². The van der Waals surface area contributed by atoms with Crippen molar-refractivity contribution in [3.8, 4) is 11.4 Å². The van der Waals surface area contributed by atoms with E-state index >= 15 is 0 Å². The number of nitrogens with zero attached hydrogens (tertiary/aromatic N) is 2. The number of hydrogen-bond acceptors (Lipinski definition) is 4. The van der Waals surface area contributed by atoms with Crippen molar-refractivity contribution in [2.75, 3.05) is 5.32 Å². The Bertz CT molecular complexity index is 954. The Hall–Kier alpha value is -2.43. The molecule has 1 aliphatic rings. The number of halogens is 1. The number of rotatable bonds is 5. The number of hydrogen-bond donors (Lipinski definition) is 2. The van der Waals surface area contributed by atoms with Crippen LogP contribution in [-0.2, 0) is 19.3 Å². The zero-order chi connectivity index (χ0) is 18.8. The van der Waals surface area contributed by atoms with Crippen molar-refractivity contribution in [3.05, 3.63) is 70.4 Å². The van der Waals surface area contributed by atoms with Gasteiger partial charge in [0.05, 0.1) is 6.10 Å². The quantitative estimate of drug-likeness (QED) is 0.658. The fourth-order valence-corrected chi connectivity index (χ4v) is 3.68. The molecule has 0 amide bonds. The van der Waals surface area contributed by atoms with Gasteiger partial charge in [-0.15, -0.1) is 0 Å². The number of aromatic nitrogens is 2. The molecular weight excluding hydrogens is 358 g/mol. The van der Waals surface area contributed by atoms with Crippen molar-refractivity contribution in [1.29, 1.82) is 0 Å². The summed E-state index contributed by atoms with van der Waals surface area (Å²) in [6, 6.07) is 15.8. The van der Waals surface area contributed by atoms with Crippen molar-refractivity contribution in [3.63, 3.8) is 0 Å². The Morgan fingerprint density at radius 3 is 2.67 bits per heavy atom. The summed E-state index contributed by atoms with van der Waals surface area (Å²) in [5.41, 5.74) is 5.34. The predicted octanol–water partition coefficient (Wildman–Crippen LogP) is 4.95. The first kappa shape index (κ1) is 18.0. The molecule has 2 aromatic carbocycles. The van der Waals surface area contributed by atoms with Gasteiger partial charge in [-0.05, 0) is 62.4 Å². The number of aliphatic hydroxyl groups excluding tert-OH is 1. The summed E-state index contributed by atoms with van der Waals surface area (Å²) < 4.78 is 0. The molecule has 5 heteroatoms. The molecular formula is C22H22ClN3O. The fourth-order valence-electron chi connectivity index (χ4n) is 3.49. The third-order valence-corrected chi connectivity index (χ3v) is 5.00. The molecule has 1 atom stereocenters. The third-order valence-electron chi connectivity index (χ3n) is 4.76. The van der Waals surface area contributed by atoms with E-state index in [0.29, 0.717) is 17.3 Å². The van der Waals surface area contributed by atoms with E-state index in [2.05, 4.69) is 5.32 Å². The zero-order valence-corrected chi connectivity index (χ0v) is 16.0. The van der Waals surface area contributed by atoms with Gasteiger partial charge in [0.15, 0.2) is 5.82 Å². The van der Waals surface area contributed by atoms with Gasteiger partial charge in [-0.3, -0.25) is 0 Å². The molecule has 2 N–H and O–H groups in total. The van der Waals surface area contributed by atoms with Gasteiger partial charge >= 0.3 is 0 Å². The summed E-state index contributed by atoms with van der Waals surface area (Å²) in [6.07, 6.45) is 3.39. The average molecular weight is 380 g/mol. The van der Waals surface area contributed by atoms with Gasteiger partial charge in [0.2, 0.25) is 0 Å². The summed E-state index contributed by atoms with van der Waals surface area (Å²) in [4.78, 5) is 9.58. The fraction of sp³-hybridized carbons (Fsp3) is 0.273. The van der Waals surface area contributed by atoms with Gasteiger partial charge in [-0.1, -0.05) is 35.9 Å². The van der Waals surface area contributed by atoms with Crippen molar-refractivity contribution < 1.29 is 5.11 Å². The summed E-state index contributed by atoms with van der Waals surface area (Å²) in [5, 5.41) is 13.7. The monoisotopic (exact) mass is 379 g/mol. The molecule has 0 saturated carbocycles. The summed E-state index contributed by atoms with van der Waals surface area (Å²) in [5.74, 6) is 1.57. The van der Waals surface area contributed by atoms with Crippen LogP contribution in [0.4, 0.5) is 11.5 Å². The number of nitrogens with one attached hydrogen (secondary N) is 1. The Morgan fingerprint density at radius 1 is 1.11 bits per heavy atom. The first-order valence-corrected chi connectivity index (χ1v) is 9.66. The lowest BCUT2D eigenvalue weighted by atomic mass is 10.1. The van der Waals surface area contributed by atoms with Gasteiger partial charge < -0.3 is 10.4 Å². The van der Waals surface area contributed by atoms with E-state index < -0.39 is 0 Å². The minimum atomic E-state index is -0.339. The maximum Gasteiger partial charge on any atom is 0.161 e. The summed E-state index contributed by atoms with van der Waals surface area (Å²) in [7, 11) is 0. The number of anilines is 2. The lowest BCUT2D eigenvalue weighted by molar-refractivity contribution is 0.195. The van der Waals surface area contributed by atoms with E-state index in [4.69, 9.17) is 21.6 Å². The highest BCUT2D eigenvalue weighted by atomic mass is 35.5. The minimum absolute atomic E-state index is 0.339. The minimum Gasteiger partial charge on any atom is -0.393 e. The maximum atomic E-state index is 9.53. The van der Waals surface area contributed by atoms with Crippen LogP contribution in [0.1, 0.15) is 30.2 Å². The molecule has 1 aromatic heterocycles. The smallest absolute Gasteiger partial charge is 0.161 e. The van der Waals surface area contributed by atoms with E-state index in [1.807, 2.05) is 48.5 Å². The van der Waals surface area contributed by atoms with Crippen molar-refractivity contribution in [2.45, 2.75) is 38.7 Å². The number of benzene rings is 2. The van der Waals surface area contributed by atoms with Crippen LogP contribution in [0, 0.1) is 0 Å². The lowest BCUT2D eigenvalue weighted by Crippen LogP contribution is -2.05. The van der Waals surface area contributed by atoms with Gasteiger partial charge in [-0.2, -0.15) is 0 Å². The molecule has 4 rings (SSSR count). The summed E-state index contributed by atoms with van der Waals surface area (Å²) in [6.45, 7) is 1.80. The largest absolute Gasteiger partial charge is 0.393 e. The molecule has 0 fully saturated rings. The molecule has 138 valence electrons. The number of aryl methyl sites for hydroxylation is 1. The van der Waals surface area contributed by atoms with E-state index in [1.54, 1.807) is 6.92 Å². The Balaban J connectivity index is 1.66. The Labute approximate surface area is 164 Å². The molecule has 1 unspecified atom stereocenters. The van der Waals surface area contributed by atoms with Gasteiger partial charge in [0, 0.05) is 27.5 Å². The Morgan fingerprint density at radius 2 is 1.93 bits per heavy atom. The normalized spacial score (nSPS) is 14.0. The molecule has 0 aliphatic heterocycles. The molecule has 0 saturated heterocycles. The van der Waals surface area contributed by atoms with Crippen molar-refractivity contribution >= 4 is 23.1 Å². The standard InChI is InChI=1S/C22H22ClN3O/c1-14(27)12-15-8-10-18(11-9-15)24-22-19-6-3-7-20(19)25-21(26-22)16-4-2-5-17(23)13-16/h2,4-5,8-11,13-14,27H,3,6-7,12H2,1H3,(H,24,25,26). The lowest BCUT2D eigenvalue weighted by Gasteiger charge is -2.13. The highest BCUT2D eigenvalue weighted by molar-refractivity contribution is 6.30. The first-order chi connectivity index (χ1) is 13.1. The average Bonchev–Trinajstić information content (AvgIpc) is 3.12. The second-order valence-electron chi connectivity index (χ2n) is 7.06. The van der Waals surface area contributed by atoms with E-state index in [1.165, 1.54) is 5.56 Å². The van der Waals surface area contributed by atoms with Crippen LogP contribution >= 0.6 is 11.6 Å². The molecule has 27 heavy (non-hydrogen) atoms. The zero-order valence-electron chi connectivity index (χ0n) is 15.2. The Kier molecular flexibility index (Phi) is 5.10. The highest BCUT2D eigenvalue weighted by Gasteiger charge is 2.20. The molecule has 1 heterocycles. The number of aliphatic hydroxyl groups is 1. The topological polar surface area (TPSA) is 58.0 Å². The summed E-state index contributed by atoms with van der Waals surface area (Å²) >= 11 is 6.14.